The summed E-state index contributed by atoms with van der Waals surface area (Å²) in [7, 11) is 0. The third-order valence-electron chi connectivity index (χ3n) is 5.69. The van der Waals surface area contributed by atoms with Crippen molar-refractivity contribution in [1.29, 1.82) is 0 Å². The number of alkyl halides is 3. The molecular formula is C22H28F3N5O2S. The molecule has 180 valence electrons. The second-order valence-electron chi connectivity index (χ2n) is 8.17. The summed E-state index contributed by atoms with van der Waals surface area (Å²) < 4.78 is 40.3. The van der Waals surface area contributed by atoms with Gasteiger partial charge in [0.25, 0.3) is 0 Å². The van der Waals surface area contributed by atoms with Gasteiger partial charge in [-0.1, -0.05) is 37.6 Å². The highest BCUT2D eigenvalue weighted by molar-refractivity contribution is 7.99. The maximum absolute atomic E-state index is 12.9. The number of nitrogens with one attached hydrogen (secondary N) is 2. The Labute approximate surface area is 194 Å². The molecule has 2 atom stereocenters. The minimum absolute atomic E-state index is 0.0561. The van der Waals surface area contributed by atoms with Gasteiger partial charge in [0.1, 0.15) is 5.82 Å². The molecule has 0 aliphatic heterocycles. The molecule has 2 N–H and O–H groups in total. The van der Waals surface area contributed by atoms with Crippen LogP contribution in [0.25, 0.3) is 0 Å². The summed E-state index contributed by atoms with van der Waals surface area (Å²) in [4.78, 5) is 24.8. The van der Waals surface area contributed by atoms with E-state index >= 15 is 0 Å². The summed E-state index contributed by atoms with van der Waals surface area (Å²) >= 11 is 1.25. The Morgan fingerprint density at radius 3 is 2.64 bits per heavy atom. The highest BCUT2D eigenvalue weighted by Gasteiger charge is 2.30. The van der Waals surface area contributed by atoms with Gasteiger partial charge < -0.3 is 15.2 Å². The number of thioether (sulfide) groups is 1. The van der Waals surface area contributed by atoms with Crippen molar-refractivity contribution < 1.29 is 22.8 Å². The summed E-state index contributed by atoms with van der Waals surface area (Å²) in [5, 5.41) is 14.2. The summed E-state index contributed by atoms with van der Waals surface area (Å²) in [6.07, 6.45) is -0.202. The molecule has 2 amide bonds. The Balaban J connectivity index is 1.56. The van der Waals surface area contributed by atoms with E-state index in [0.717, 1.165) is 31.4 Å². The maximum atomic E-state index is 12.9. The van der Waals surface area contributed by atoms with Crippen LogP contribution in [0.1, 0.15) is 50.9 Å². The number of anilines is 1. The molecule has 0 radical (unpaired) electrons. The van der Waals surface area contributed by atoms with Crippen molar-refractivity contribution in [3.63, 3.8) is 0 Å². The largest absolute Gasteiger partial charge is 0.416 e. The number of nitrogens with zero attached hydrogens (tertiary/aromatic N) is 3. The lowest BCUT2D eigenvalue weighted by atomic mass is 9.86. The molecule has 1 aliphatic rings. The zero-order valence-electron chi connectivity index (χ0n) is 18.6. The number of hydrogen-bond donors (Lipinski definition) is 2. The molecule has 1 heterocycles. The highest BCUT2D eigenvalue weighted by Crippen LogP contribution is 2.30. The van der Waals surface area contributed by atoms with Gasteiger partial charge in [-0.2, -0.15) is 13.2 Å². The van der Waals surface area contributed by atoms with Crippen molar-refractivity contribution in [2.75, 3.05) is 11.1 Å². The summed E-state index contributed by atoms with van der Waals surface area (Å²) in [6.45, 7) is 4.51. The Morgan fingerprint density at radius 1 is 1.18 bits per heavy atom. The van der Waals surface area contributed by atoms with E-state index < -0.39 is 17.6 Å². The van der Waals surface area contributed by atoms with Crippen LogP contribution in [0.2, 0.25) is 0 Å². The number of rotatable bonds is 8. The molecule has 0 unspecified atom stereocenters. The number of hydrogen-bond acceptors (Lipinski definition) is 5. The van der Waals surface area contributed by atoms with E-state index in [9.17, 15) is 22.8 Å². The van der Waals surface area contributed by atoms with Crippen LogP contribution in [-0.4, -0.2) is 38.4 Å². The first-order chi connectivity index (χ1) is 15.7. The first kappa shape index (κ1) is 25.1. The van der Waals surface area contributed by atoms with E-state index in [2.05, 4.69) is 27.8 Å². The molecule has 33 heavy (non-hydrogen) atoms. The normalized spacial score (nSPS) is 18.7. The topological polar surface area (TPSA) is 88.9 Å². The molecular weight excluding hydrogens is 455 g/mol. The molecule has 0 spiro atoms. The van der Waals surface area contributed by atoms with Crippen molar-refractivity contribution in [2.24, 2.45) is 5.92 Å². The third kappa shape index (κ3) is 6.96. The van der Waals surface area contributed by atoms with Crippen molar-refractivity contribution in [3.8, 4) is 0 Å². The van der Waals surface area contributed by atoms with Crippen molar-refractivity contribution >= 4 is 29.3 Å². The first-order valence-electron chi connectivity index (χ1n) is 11.0. The molecule has 1 saturated carbocycles. The fraction of sp³-hybridized carbons (Fsp3) is 0.545. The minimum atomic E-state index is -4.49. The van der Waals surface area contributed by atoms with Crippen LogP contribution in [0.5, 0.6) is 0 Å². The fourth-order valence-corrected chi connectivity index (χ4v) is 4.74. The van der Waals surface area contributed by atoms with E-state index in [1.807, 2.05) is 6.92 Å². The molecule has 7 nitrogen and oxygen atoms in total. The van der Waals surface area contributed by atoms with Gasteiger partial charge in [0.15, 0.2) is 5.16 Å². The van der Waals surface area contributed by atoms with Crippen LogP contribution in [0.4, 0.5) is 18.9 Å². The molecule has 0 saturated heterocycles. The van der Waals surface area contributed by atoms with E-state index in [-0.39, 0.29) is 29.8 Å². The smallest absolute Gasteiger partial charge is 0.352 e. The highest BCUT2D eigenvalue weighted by atomic mass is 32.2. The standard InChI is InChI=1S/C22H28F3N5O2S/c1-3-30-18(12-19(31)26-16-9-6-8-15(11-16)22(23,24)25)28-29-21(30)33-13-20(32)27-17-10-5-4-7-14(17)2/h6,8-9,11,14,17H,3-5,7,10,12-13H2,1-2H3,(H,26,31)(H,27,32)/t14-,17+/m1/s1. The van der Waals surface area contributed by atoms with E-state index in [0.29, 0.717) is 23.4 Å². The number of carbonyl (C=O) groups is 2. The lowest BCUT2D eigenvalue weighted by Gasteiger charge is -2.29. The van der Waals surface area contributed by atoms with Gasteiger partial charge in [-0.05, 0) is 43.9 Å². The van der Waals surface area contributed by atoms with Crippen LogP contribution in [-0.2, 0) is 28.7 Å². The predicted octanol–water partition coefficient (Wildman–Crippen LogP) is 4.29. The second-order valence-corrected chi connectivity index (χ2v) is 9.11. The zero-order chi connectivity index (χ0) is 24.0. The molecule has 2 aromatic rings. The average Bonchev–Trinajstić information content (AvgIpc) is 3.14. The second kappa shape index (κ2) is 11.0. The monoisotopic (exact) mass is 483 g/mol. The van der Waals surface area contributed by atoms with Gasteiger partial charge in [-0.25, -0.2) is 0 Å². The average molecular weight is 484 g/mol. The van der Waals surface area contributed by atoms with E-state index in [4.69, 9.17) is 0 Å². The van der Waals surface area contributed by atoms with Gasteiger partial charge in [-0.15, -0.1) is 10.2 Å². The Hall–Kier alpha value is -2.56. The SMILES string of the molecule is CCn1c(CC(=O)Nc2cccc(C(F)(F)F)c2)nnc1SCC(=O)N[C@H]1CCCC[C@H]1C. The Morgan fingerprint density at radius 2 is 1.94 bits per heavy atom. The molecule has 1 fully saturated rings. The number of benzene rings is 1. The van der Waals surface area contributed by atoms with E-state index in [1.165, 1.54) is 30.3 Å². The van der Waals surface area contributed by atoms with Crippen LogP contribution in [0.15, 0.2) is 29.4 Å². The number of amides is 2. The molecule has 11 heteroatoms. The van der Waals surface area contributed by atoms with Gasteiger partial charge in [0.2, 0.25) is 11.8 Å². The molecule has 1 aromatic heterocycles. The predicted molar refractivity (Wildman–Crippen MR) is 120 cm³/mol. The lowest BCUT2D eigenvalue weighted by Crippen LogP contribution is -2.41. The van der Waals surface area contributed by atoms with Gasteiger partial charge in [-0.3, -0.25) is 9.59 Å². The van der Waals surface area contributed by atoms with Gasteiger partial charge in [0, 0.05) is 18.3 Å². The van der Waals surface area contributed by atoms with Crippen LogP contribution >= 0.6 is 11.8 Å². The van der Waals surface area contributed by atoms with E-state index in [1.54, 1.807) is 4.57 Å². The Bertz CT molecular complexity index is 979. The summed E-state index contributed by atoms with van der Waals surface area (Å²) in [5.74, 6) is 0.475. The number of halogens is 3. The molecule has 1 aliphatic carbocycles. The quantitative estimate of drug-likeness (QED) is 0.547. The Kier molecular flexibility index (Phi) is 8.39. The fourth-order valence-electron chi connectivity index (χ4n) is 3.91. The van der Waals surface area contributed by atoms with Gasteiger partial charge in [0.05, 0.1) is 17.7 Å². The number of aromatic nitrogens is 3. The van der Waals surface area contributed by atoms with Crippen LogP contribution in [0.3, 0.4) is 0 Å². The first-order valence-corrected chi connectivity index (χ1v) is 12.0. The minimum Gasteiger partial charge on any atom is -0.352 e. The molecule has 1 aromatic carbocycles. The van der Waals surface area contributed by atoms with Gasteiger partial charge >= 0.3 is 6.18 Å². The maximum Gasteiger partial charge on any atom is 0.416 e. The van der Waals surface area contributed by atoms with Crippen molar-refractivity contribution in [1.82, 2.24) is 20.1 Å². The van der Waals surface area contributed by atoms with Crippen LogP contribution in [0, 0.1) is 5.92 Å². The van der Waals surface area contributed by atoms with Crippen molar-refractivity contribution in [2.45, 2.75) is 69.9 Å². The lowest BCUT2D eigenvalue weighted by molar-refractivity contribution is -0.137. The van der Waals surface area contributed by atoms with Crippen molar-refractivity contribution in [3.05, 3.63) is 35.7 Å². The summed E-state index contributed by atoms with van der Waals surface area (Å²) in [5.41, 5.74) is -0.780. The zero-order valence-corrected chi connectivity index (χ0v) is 19.4. The third-order valence-corrected chi connectivity index (χ3v) is 6.66. The van der Waals surface area contributed by atoms with Crippen LogP contribution < -0.4 is 10.6 Å². The number of carbonyl (C=O) groups excluding carboxylic acids is 2. The molecule has 3 rings (SSSR count). The summed E-state index contributed by atoms with van der Waals surface area (Å²) in [6, 6.07) is 4.66. The molecule has 0 bridgehead atoms.